The zero-order chi connectivity index (χ0) is 24.4. The topological polar surface area (TPSA) is 97.0 Å². The second-order valence-electron chi connectivity index (χ2n) is 8.24. The molecule has 1 saturated heterocycles. The van der Waals surface area contributed by atoms with Gasteiger partial charge in [0.1, 0.15) is 11.5 Å². The molecule has 186 valence electrons. The minimum atomic E-state index is -3.69. The van der Waals surface area contributed by atoms with Gasteiger partial charge in [0.15, 0.2) is 0 Å². The average Bonchev–Trinajstić information content (AvgIpc) is 2.85. The van der Waals surface area contributed by atoms with Crippen LogP contribution in [0.1, 0.15) is 44.2 Å². The third-order valence-corrected chi connectivity index (χ3v) is 7.39. The largest absolute Gasteiger partial charge is 0.497 e. The number of likely N-dealkylation sites (tertiary alicyclic amines) is 1. The highest BCUT2D eigenvalue weighted by molar-refractivity contribution is 7.89. The smallest absolute Gasteiger partial charge is 0.240 e. The number of carbonyl (C=O) groups excluding carboxylic acids is 1. The summed E-state index contributed by atoms with van der Waals surface area (Å²) < 4.78 is 38.1. The number of sulfonamides is 1. The lowest BCUT2D eigenvalue weighted by atomic mass is 10.0. The molecule has 0 saturated carbocycles. The number of benzene rings is 2. The monoisotopic (exact) mass is 489 g/mol. The maximum Gasteiger partial charge on any atom is 0.240 e. The van der Waals surface area contributed by atoms with Crippen molar-refractivity contribution in [2.24, 2.45) is 0 Å². The van der Waals surface area contributed by atoms with E-state index in [0.29, 0.717) is 18.9 Å². The zero-order valence-corrected chi connectivity index (χ0v) is 20.8. The van der Waals surface area contributed by atoms with Crippen LogP contribution in [0, 0.1) is 0 Å². The van der Waals surface area contributed by atoms with Crippen molar-refractivity contribution in [3.05, 3.63) is 54.1 Å². The molecule has 0 aromatic heterocycles. The van der Waals surface area contributed by atoms with E-state index < -0.39 is 10.0 Å². The first-order valence-corrected chi connectivity index (χ1v) is 13.3. The van der Waals surface area contributed by atoms with Gasteiger partial charge in [0.05, 0.1) is 24.7 Å². The molecule has 1 heterocycles. The molecule has 1 aliphatic rings. The van der Waals surface area contributed by atoms with E-state index >= 15 is 0 Å². The summed E-state index contributed by atoms with van der Waals surface area (Å²) in [6, 6.07) is 14.2. The van der Waals surface area contributed by atoms with Crippen LogP contribution >= 0.6 is 0 Å². The van der Waals surface area contributed by atoms with Gasteiger partial charge in [-0.15, -0.1) is 0 Å². The number of carbonyl (C=O) groups is 1. The molecule has 0 radical (unpaired) electrons. The Hall–Kier alpha value is -2.62. The number of rotatable bonds is 12. The van der Waals surface area contributed by atoms with Gasteiger partial charge >= 0.3 is 0 Å². The van der Waals surface area contributed by atoms with Crippen LogP contribution < -0.4 is 19.5 Å². The van der Waals surface area contributed by atoms with Crippen molar-refractivity contribution in [3.63, 3.8) is 0 Å². The first kappa shape index (κ1) is 26.0. The van der Waals surface area contributed by atoms with E-state index in [9.17, 15) is 13.2 Å². The molecule has 3 rings (SSSR count). The van der Waals surface area contributed by atoms with Crippen LogP contribution in [0.2, 0.25) is 0 Å². The highest BCUT2D eigenvalue weighted by atomic mass is 32.2. The van der Waals surface area contributed by atoms with Gasteiger partial charge in [0.2, 0.25) is 15.9 Å². The molecule has 1 atom stereocenters. The van der Waals surface area contributed by atoms with Crippen molar-refractivity contribution in [2.75, 3.05) is 39.9 Å². The highest BCUT2D eigenvalue weighted by Gasteiger charge is 2.23. The summed E-state index contributed by atoms with van der Waals surface area (Å²) in [4.78, 5) is 15.0. The summed E-state index contributed by atoms with van der Waals surface area (Å²) in [7, 11) is -2.05. The molecule has 0 unspecified atom stereocenters. The van der Waals surface area contributed by atoms with E-state index in [1.54, 1.807) is 19.2 Å². The molecule has 8 nitrogen and oxygen atoms in total. The van der Waals surface area contributed by atoms with Gasteiger partial charge in [0, 0.05) is 19.5 Å². The number of hydrogen-bond acceptors (Lipinski definition) is 6. The molecule has 2 aromatic rings. The Morgan fingerprint density at radius 1 is 1.00 bits per heavy atom. The van der Waals surface area contributed by atoms with Gasteiger partial charge < -0.3 is 14.8 Å². The third kappa shape index (κ3) is 7.44. The Labute approximate surface area is 202 Å². The van der Waals surface area contributed by atoms with E-state index in [1.165, 1.54) is 18.6 Å². The molecule has 0 aliphatic carbocycles. The molecule has 2 aromatic carbocycles. The fourth-order valence-corrected chi connectivity index (χ4v) is 5.11. The Balaban J connectivity index is 1.52. The second-order valence-corrected chi connectivity index (χ2v) is 10.0. The maximum absolute atomic E-state index is 12.5. The van der Waals surface area contributed by atoms with E-state index in [2.05, 4.69) is 14.9 Å². The molecular formula is C25H35N3O5S. The number of amides is 1. The van der Waals surface area contributed by atoms with E-state index in [4.69, 9.17) is 9.47 Å². The summed E-state index contributed by atoms with van der Waals surface area (Å²) >= 11 is 0. The van der Waals surface area contributed by atoms with Crippen molar-refractivity contribution >= 4 is 15.9 Å². The maximum atomic E-state index is 12.5. The SMILES string of the molecule is CCOc1ccc(S(=O)(=O)NCCC(=O)NC[C@H](c2ccc(OC)cc2)N2CCCCC2)cc1. The van der Waals surface area contributed by atoms with Crippen molar-refractivity contribution in [1.82, 2.24) is 14.9 Å². The molecule has 1 amide bonds. The first-order chi connectivity index (χ1) is 16.4. The molecule has 1 fully saturated rings. The summed E-state index contributed by atoms with van der Waals surface area (Å²) in [6.07, 6.45) is 3.58. The predicted molar refractivity (Wildman–Crippen MR) is 132 cm³/mol. The zero-order valence-electron chi connectivity index (χ0n) is 20.0. The minimum Gasteiger partial charge on any atom is -0.497 e. The van der Waals surface area contributed by atoms with Gasteiger partial charge in [-0.1, -0.05) is 18.6 Å². The summed E-state index contributed by atoms with van der Waals surface area (Å²) in [5.41, 5.74) is 1.12. The number of hydrogen-bond donors (Lipinski definition) is 2. The number of piperidine rings is 1. The Morgan fingerprint density at radius 3 is 2.26 bits per heavy atom. The summed E-state index contributed by atoms with van der Waals surface area (Å²) in [5, 5.41) is 2.99. The van der Waals surface area contributed by atoms with Gasteiger partial charge in [-0.25, -0.2) is 13.1 Å². The third-order valence-electron chi connectivity index (χ3n) is 5.91. The van der Waals surface area contributed by atoms with Crippen LogP contribution in [0.4, 0.5) is 0 Å². The molecule has 34 heavy (non-hydrogen) atoms. The van der Waals surface area contributed by atoms with Gasteiger partial charge in [0.25, 0.3) is 0 Å². The lowest BCUT2D eigenvalue weighted by molar-refractivity contribution is -0.121. The summed E-state index contributed by atoms with van der Waals surface area (Å²) in [6.45, 7) is 4.86. The van der Waals surface area contributed by atoms with Gasteiger partial charge in [-0.05, 0) is 74.8 Å². The lowest BCUT2D eigenvalue weighted by Gasteiger charge is -2.35. The normalized spacial score (nSPS) is 15.5. The number of ether oxygens (including phenoxy) is 2. The standard InChI is InChI=1S/C25H35N3O5S/c1-3-33-22-11-13-23(14-12-22)34(30,31)27-16-15-25(29)26-19-24(28-17-5-4-6-18-28)20-7-9-21(32-2)10-8-20/h7-14,24,27H,3-6,15-19H2,1-2H3,(H,26,29)/t24-/m1/s1. The van der Waals surface area contributed by atoms with Crippen molar-refractivity contribution in [3.8, 4) is 11.5 Å². The van der Waals surface area contributed by atoms with Crippen LogP contribution in [0.15, 0.2) is 53.4 Å². The van der Waals surface area contributed by atoms with E-state index in [0.717, 1.165) is 37.2 Å². The molecule has 2 N–H and O–H groups in total. The lowest BCUT2D eigenvalue weighted by Crippen LogP contribution is -2.41. The van der Waals surface area contributed by atoms with Crippen LogP contribution in [0.25, 0.3) is 0 Å². The predicted octanol–water partition coefficient (Wildman–Crippen LogP) is 3.11. The van der Waals surface area contributed by atoms with E-state index in [1.807, 2.05) is 31.2 Å². The Morgan fingerprint density at radius 2 is 1.65 bits per heavy atom. The fraction of sp³-hybridized carbons (Fsp3) is 0.480. The number of nitrogens with zero attached hydrogens (tertiary/aromatic N) is 1. The van der Waals surface area contributed by atoms with Crippen molar-refractivity contribution < 1.29 is 22.7 Å². The highest BCUT2D eigenvalue weighted by Crippen LogP contribution is 2.26. The van der Waals surface area contributed by atoms with Crippen LogP contribution in [-0.4, -0.2) is 59.1 Å². The molecular weight excluding hydrogens is 454 g/mol. The Kier molecular flexibility index (Phi) is 9.74. The summed E-state index contributed by atoms with van der Waals surface area (Å²) in [5.74, 6) is 1.22. The van der Waals surface area contributed by atoms with E-state index in [-0.39, 0.29) is 29.8 Å². The average molecular weight is 490 g/mol. The second kappa shape index (κ2) is 12.7. The van der Waals surface area contributed by atoms with Crippen LogP contribution in [0.5, 0.6) is 11.5 Å². The fourth-order valence-electron chi connectivity index (χ4n) is 4.08. The van der Waals surface area contributed by atoms with Crippen LogP contribution in [0.3, 0.4) is 0 Å². The first-order valence-electron chi connectivity index (χ1n) is 11.8. The number of methoxy groups -OCH3 is 1. The number of nitrogens with one attached hydrogen (secondary N) is 2. The van der Waals surface area contributed by atoms with Crippen molar-refractivity contribution in [2.45, 2.75) is 43.5 Å². The van der Waals surface area contributed by atoms with Gasteiger partial charge in [-0.2, -0.15) is 0 Å². The quantitative estimate of drug-likeness (QED) is 0.476. The Bertz CT molecular complexity index is 1000. The molecule has 1 aliphatic heterocycles. The van der Waals surface area contributed by atoms with Crippen LogP contribution in [-0.2, 0) is 14.8 Å². The van der Waals surface area contributed by atoms with Crippen molar-refractivity contribution in [1.29, 1.82) is 0 Å². The molecule has 0 bridgehead atoms. The minimum absolute atomic E-state index is 0.0261. The molecule has 0 spiro atoms. The van der Waals surface area contributed by atoms with Gasteiger partial charge in [-0.3, -0.25) is 9.69 Å². The molecule has 9 heteroatoms.